The van der Waals surface area contributed by atoms with Crippen LogP contribution in [0.2, 0.25) is 0 Å². The number of sulfonamides is 1. The average Bonchev–Trinajstić information content (AvgIpc) is 2.94. The molecule has 5 rings (SSSR count). The van der Waals surface area contributed by atoms with E-state index in [0.717, 1.165) is 44.0 Å². The van der Waals surface area contributed by atoms with Crippen molar-refractivity contribution in [1.82, 2.24) is 9.62 Å². The van der Waals surface area contributed by atoms with Gasteiger partial charge in [-0.3, -0.25) is 9.69 Å². The van der Waals surface area contributed by atoms with E-state index in [-0.39, 0.29) is 11.5 Å². The number of piperazine rings is 1. The molecular weight excluding hydrogens is 510 g/mol. The molecule has 0 unspecified atom stereocenters. The van der Waals surface area contributed by atoms with Gasteiger partial charge in [-0.05, 0) is 58.7 Å². The lowest BCUT2D eigenvalue weighted by Gasteiger charge is -2.36. The van der Waals surface area contributed by atoms with Crippen LogP contribution in [0.5, 0.6) is 5.75 Å². The molecule has 1 saturated heterocycles. The average molecular weight is 542 g/mol. The quantitative estimate of drug-likeness (QED) is 0.338. The summed E-state index contributed by atoms with van der Waals surface area (Å²) in [6.45, 7) is 4.31. The van der Waals surface area contributed by atoms with Gasteiger partial charge in [-0.25, -0.2) is 13.1 Å². The third-order valence-electron chi connectivity index (χ3n) is 6.90. The lowest BCUT2D eigenvalue weighted by molar-refractivity contribution is 0.0981. The van der Waals surface area contributed by atoms with Crippen LogP contribution < -0.4 is 9.62 Å². The van der Waals surface area contributed by atoms with E-state index < -0.39 is 15.9 Å². The lowest BCUT2D eigenvalue weighted by Crippen LogP contribution is -2.46. The number of hydrogen-bond donors (Lipinski definition) is 2. The maximum atomic E-state index is 12.6. The number of phenolic OH excluding ortho intramolecular Hbond substituents is 1. The van der Waals surface area contributed by atoms with Crippen LogP contribution in [0.15, 0.2) is 103 Å². The van der Waals surface area contributed by atoms with E-state index >= 15 is 0 Å². The molecule has 7 nitrogen and oxygen atoms in total. The van der Waals surface area contributed by atoms with E-state index in [1.54, 1.807) is 48.5 Å². The fourth-order valence-electron chi connectivity index (χ4n) is 4.84. The molecule has 39 heavy (non-hydrogen) atoms. The number of hydrogen-bond acceptors (Lipinski definition) is 6. The summed E-state index contributed by atoms with van der Waals surface area (Å²) < 4.78 is 27.0. The molecule has 4 aromatic carbocycles. The highest BCUT2D eigenvalue weighted by atomic mass is 32.2. The molecule has 200 valence electrons. The fourth-order valence-corrected chi connectivity index (χ4v) is 5.94. The van der Waals surface area contributed by atoms with Crippen molar-refractivity contribution >= 4 is 21.6 Å². The summed E-state index contributed by atoms with van der Waals surface area (Å²) in [5.41, 5.74) is 5.42. The van der Waals surface area contributed by atoms with E-state index in [9.17, 15) is 18.3 Å². The van der Waals surface area contributed by atoms with E-state index in [2.05, 4.69) is 32.7 Å². The number of anilines is 1. The second kappa shape index (κ2) is 11.7. The van der Waals surface area contributed by atoms with Gasteiger partial charge in [0.25, 0.3) is 5.91 Å². The normalized spacial score (nSPS) is 14.2. The predicted molar refractivity (Wildman–Crippen MR) is 154 cm³/mol. The molecule has 0 aromatic heterocycles. The molecule has 0 bridgehead atoms. The molecule has 1 aliphatic heterocycles. The number of nitrogens with zero attached hydrogens (tertiary/aromatic N) is 2. The number of carbonyl (C=O) groups is 1. The number of amides is 1. The van der Waals surface area contributed by atoms with Crippen LogP contribution >= 0.6 is 0 Å². The van der Waals surface area contributed by atoms with Crippen LogP contribution in [0.25, 0.3) is 11.1 Å². The van der Waals surface area contributed by atoms with Gasteiger partial charge in [-0.15, -0.1) is 0 Å². The van der Waals surface area contributed by atoms with E-state index in [1.165, 1.54) is 11.1 Å². The second-order valence-corrected chi connectivity index (χ2v) is 11.4. The summed E-state index contributed by atoms with van der Waals surface area (Å²) in [7, 11) is -3.79. The first kappa shape index (κ1) is 26.5. The van der Waals surface area contributed by atoms with Crippen LogP contribution in [0.1, 0.15) is 21.5 Å². The number of rotatable bonds is 8. The zero-order valence-electron chi connectivity index (χ0n) is 21.5. The molecule has 4 aromatic rings. The van der Waals surface area contributed by atoms with Crippen molar-refractivity contribution in [3.8, 4) is 16.9 Å². The zero-order valence-corrected chi connectivity index (χ0v) is 22.3. The van der Waals surface area contributed by atoms with Gasteiger partial charge in [-0.1, -0.05) is 66.7 Å². The van der Waals surface area contributed by atoms with Gasteiger partial charge in [0, 0.05) is 44.0 Å². The van der Waals surface area contributed by atoms with Gasteiger partial charge >= 0.3 is 0 Å². The second-order valence-electron chi connectivity index (χ2n) is 9.69. The van der Waals surface area contributed by atoms with Crippen LogP contribution in [0.3, 0.4) is 0 Å². The van der Waals surface area contributed by atoms with Crippen molar-refractivity contribution in [2.75, 3.05) is 31.1 Å². The van der Waals surface area contributed by atoms with Crippen molar-refractivity contribution in [3.63, 3.8) is 0 Å². The molecule has 1 amide bonds. The minimum atomic E-state index is -3.79. The van der Waals surface area contributed by atoms with Crippen LogP contribution in [0, 0.1) is 0 Å². The lowest BCUT2D eigenvalue weighted by atomic mass is 9.99. The SMILES string of the molecule is O=C(NS(=O)(=O)Cc1ccccc1)c1ccc(N2CCN(Cc3ccccc3-c3ccc(O)cc3)CC2)cc1. The summed E-state index contributed by atoms with van der Waals surface area (Å²) >= 11 is 0. The van der Waals surface area contributed by atoms with Crippen molar-refractivity contribution in [2.45, 2.75) is 12.3 Å². The Balaban J connectivity index is 1.16. The van der Waals surface area contributed by atoms with Crippen molar-refractivity contribution in [2.24, 2.45) is 0 Å². The number of benzene rings is 4. The topological polar surface area (TPSA) is 90.0 Å². The third-order valence-corrected chi connectivity index (χ3v) is 8.11. The molecule has 0 saturated carbocycles. The Labute approximate surface area is 229 Å². The molecule has 1 aliphatic rings. The molecular formula is C31H31N3O4S. The van der Waals surface area contributed by atoms with Crippen LogP contribution in [-0.4, -0.2) is 50.5 Å². The van der Waals surface area contributed by atoms with Gasteiger partial charge in [0.1, 0.15) is 5.75 Å². The monoisotopic (exact) mass is 541 g/mol. The Kier molecular flexibility index (Phi) is 7.95. The molecule has 2 N–H and O–H groups in total. The number of nitrogens with one attached hydrogen (secondary N) is 1. The number of carbonyl (C=O) groups excluding carboxylic acids is 1. The Morgan fingerprint density at radius 2 is 1.41 bits per heavy atom. The standard InChI is InChI=1S/C31H31N3O4S/c35-29-16-12-25(13-17-29)30-9-5-4-8-27(30)22-33-18-20-34(21-19-33)28-14-10-26(11-15-28)31(36)32-39(37,38)23-24-6-2-1-3-7-24/h1-17,35H,18-23H2,(H,32,36). The Morgan fingerprint density at radius 3 is 2.10 bits per heavy atom. The van der Waals surface area contributed by atoms with E-state index in [0.29, 0.717) is 11.1 Å². The molecule has 0 aliphatic carbocycles. The smallest absolute Gasteiger partial charge is 0.264 e. The first-order chi connectivity index (χ1) is 18.9. The molecule has 1 fully saturated rings. The summed E-state index contributed by atoms with van der Waals surface area (Å²) in [5.74, 6) is -0.620. The highest BCUT2D eigenvalue weighted by Gasteiger charge is 2.20. The first-order valence-corrected chi connectivity index (χ1v) is 14.5. The molecule has 0 atom stereocenters. The first-order valence-electron chi connectivity index (χ1n) is 12.9. The number of phenols is 1. The molecule has 0 spiro atoms. The maximum Gasteiger partial charge on any atom is 0.264 e. The van der Waals surface area contributed by atoms with Crippen molar-refractivity contribution in [3.05, 3.63) is 120 Å². The largest absolute Gasteiger partial charge is 0.508 e. The van der Waals surface area contributed by atoms with E-state index in [4.69, 9.17) is 0 Å². The highest BCUT2D eigenvalue weighted by molar-refractivity contribution is 7.89. The summed E-state index contributed by atoms with van der Waals surface area (Å²) in [5, 5.41) is 9.63. The van der Waals surface area contributed by atoms with Gasteiger partial charge in [0.2, 0.25) is 10.0 Å². The number of aromatic hydroxyl groups is 1. The molecule has 0 radical (unpaired) electrons. The Morgan fingerprint density at radius 1 is 0.769 bits per heavy atom. The fraction of sp³-hybridized carbons (Fsp3) is 0.194. The van der Waals surface area contributed by atoms with Gasteiger partial charge in [0.15, 0.2) is 0 Å². The van der Waals surface area contributed by atoms with Crippen molar-refractivity contribution < 1.29 is 18.3 Å². The maximum absolute atomic E-state index is 12.6. The molecule has 1 heterocycles. The Bertz CT molecular complexity index is 1510. The predicted octanol–water partition coefficient (Wildman–Crippen LogP) is 4.64. The minimum absolute atomic E-state index is 0.249. The summed E-state index contributed by atoms with van der Waals surface area (Å²) in [6, 6.07) is 31.5. The van der Waals surface area contributed by atoms with Crippen LogP contribution in [0.4, 0.5) is 5.69 Å². The zero-order chi connectivity index (χ0) is 27.2. The van der Waals surface area contributed by atoms with Gasteiger partial charge < -0.3 is 10.0 Å². The highest BCUT2D eigenvalue weighted by Crippen LogP contribution is 2.27. The molecule has 8 heteroatoms. The van der Waals surface area contributed by atoms with Crippen LogP contribution in [-0.2, 0) is 22.3 Å². The van der Waals surface area contributed by atoms with Gasteiger partial charge in [-0.2, -0.15) is 0 Å². The van der Waals surface area contributed by atoms with Crippen molar-refractivity contribution in [1.29, 1.82) is 0 Å². The summed E-state index contributed by atoms with van der Waals surface area (Å²) in [6.07, 6.45) is 0. The van der Waals surface area contributed by atoms with E-state index in [1.807, 2.05) is 36.4 Å². The Hall–Kier alpha value is -4.14. The summed E-state index contributed by atoms with van der Waals surface area (Å²) in [4.78, 5) is 17.3. The van der Waals surface area contributed by atoms with Gasteiger partial charge in [0.05, 0.1) is 5.75 Å². The minimum Gasteiger partial charge on any atom is -0.508 e. The third kappa shape index (κ3) is 6.85.